The summed E-state index contributed by atoms with van der Waals surface area (Å²) in [6.07, 6.45) is 5.66. The molecule has 110 valence electrons. The second kappa shape index (κ2) is 7.44. The average molecular weight is 314 g/mol. The molecule has 1 fully saturated rings. The van der Waals surface area contributed by atoms with E-state index < -0.39 is 0 Å². The predicted molar refractivity (Wildman–Crippen MR) is 84.9 cm³/mol. The zero-order valence-corrected chi connectivity index (χ0v) is 13.4. The number of hydrogen-bond donors (Lipinski definition) is 0. The lowest BCUT2D eigenvalue weighted by Crippen LogP contribution is -2.34. The highest BCUT2D eigenvalue weighted by Gasteiger charge is 2.22. The number of halogens is 2. The molecular weight excluding hydrogens is 293 g/mol. The molecule has 0 saturated heterocycles. The molecule has 0 radical (unpaired) electrons. The van der Waals surface area contributed by atoms with Gasteiger partial charge in [-0.3, -0.25) is 4.79 Å². The number of ketones is 1. The van der Waals surface area contributed by atoms with Crippen LogP contribution < -0.4 is 0 Å². The fourth-order valence-corrected chi connectivity index (χ4v) is 3.37. The van der Waals surface area contributed by atoms with E-state index in [4.69, 9.17) is 23.2 Å². The van der Waals surface area contributed by atoms with Crippen LogP contribution in [0.25, 0.3) is 0 Å². The van der Waals surface area contributed by atoms with Gasteiger partial charge in [0, 0.05) is 24.6 Å². The van der Waals surface area contributed by atoms with E-state index in [2.05, 4.69) is 11.8 Å². The Morgan fingerprint density at radius 2 is 2.00 bits per heavy atom. The minimum atomic E-state index is 0.0777. The Morgan fingerprint density at radius 1 is 1.30 bits per heavy atom. The highest BCUT2D eigenvalue weighted by atomic mass is 35.5. The quantitative estimate of drug-likeness (QED) is 0.701. The molecule has 1 aromatic rings. The van der Waals surface area contributed by atoms with Gasteiger partial charge >= 0.3 is 0 Å². The third kappa shape index (κ3) is 3.75. The Balaban J connectivity index is 1.95. The van der Waals surface area contributed by atoms with Gasteiger partial charge < -0.3 is 4.90 Å². The molecule has 0 amide bonds. The maximum absolute atomic E-state index is 12.3. The number of nitrogens with zero attached hydrogens (tertiary/aromatic N) is 1. The topological polar surface area (TPSA) is 20.3 Å². The summed E-state index contributed by atoms with van der Waals surface area (Å²) >= 11 is 12.1. The minimum absolute atomic E-state index is 0.0777. The van der Waals surface area contributed by atoms with Gasteiger partial charge in [-0.05, 0) is 31.5 Å². The van der Waals surface area contributed by atoms with E-state index in [1.165, 1.54) is 25.7 Å². The Hall–Kier alpha value is -0.570. The Labute approximate surface area is 131 Å². The number of benzene rings is 1. The van der Waals surface area contributed by atoms with E-state index in [9.17, 15) is 4.79 Å². The van der Waals surface area contributed by atoms with E-state index in [1.807, 2.05) is 0 Å². The fourth-order valence-electron chi connectivity index (χ4n) is 2.97. The highest BCUT2D eigenvalue weighted by molar-refractivity contribution is 6.43. The lowest BCUT2D eigenvalue weighted by atomic mass is 10.1. The standard InChI is InChI=1S/C16H21Cl2NO/c1-2-19(12-6-3-4-7-12)11-10-15(20)13-8-5-9-14(17)16(13)18/h5,8-9,12H,2-4,6-7,10-11H2,1H3. The first-order valence-electron chi connectivity index (χ1n) is 7.34. The molecule has 4 heteroatoms. The molecule has 0 heterocycles. The summed E-state index contributed by atoms with van der Waals surface area (Å²) < 4.78 is 0. The number of rotatable bonds is 6. The van der Waals surface area contributed by atoms with Crippen molar-refractivity contribution in [3.05, 3.63) is 33.8 Å². The van der Waals surface area contributed by atoms with Crippen molar-refractivity contribution in [3.8, 4) is 0 Å². The first kappa shape index (κ1) is 15.8. The van der Waals surface area contributed by atoms with Gasteiger partial charge in [-0.1, -0.05) is 49.0 Å². The third-order valence-corrected chi connectivity index (χ3v) is 4.94. The summed E-state index contributed by atoms with van der Waals surface area (Å²) in [5.41, 5.74) is 0.543. The summed E-state index contributed by atoms with van der Waals surface area (Å²) in [4.78, 5) is 14.7. The van der Waals surface area contributed by atoms with Gasteiger partial charge in [0.05, 0.1) is 10.0 Å². The van der Waals surface area contributed by atoms with E-state index in [-0.39, 0.29) is 5.78 Å². The van der Waals surface area contributed by atoms with E-state index in [0.717, 1.165) is 13.1 Å². The fraction of sp³-hybridized carbons (Fsp3) is 0.562. The van der Waals surface area contributed by atoms with Crippen LogP contribution in [0, 0.1) is 0 Å². The summed E-state index contributed by atoms with van der Waals surface area (Å²) in [7, 11) is 0. The first-order valence-corrected chi connectivity index (χ1v) is 8.10. The van der Waals surface area contributed by atoms with Crippen molar-refractivity contribution in [1.29, 1.82) is 0 Å². The minimum Gasteiger partial charge on any atom is -0.300 e. The van der Waals surface area contributed by atoms with Gasteiger partial charge in [0.1, 0.15) is 0 Å². The molecule has 1 aromatic carbocycles. The van der Waals surface area contributed by atoms with Crippen molar-refractivity contribution in [2.75, 3.05) is 13.1 Å². The maximum Gasteiger partial charge on any atom is 0.165 e. The van der Waals surface area contributed by atoms with Crippen LogP contribution in [-0.4, -0.2) is 29.8 Å². The van der Waals surface area contributed by atoms with Crippen LogP contribution in [0.3, 0.4) is 0 Å². The molecule has 0 atom stereocenters. The summed E-state index contributed by atoms with van der Waals surface area (Å²) in [5, 5.41) is 0.823. The van der Waals surface area contributed by atoms with Crippen LogP contribution in [0.2, 0.25) is 10.0 Å². The molecule has 2 nitrogen and oxygen atoms in total. The van der Waals surface area contributed by atoms with E-state index in [0.29, 0.717) is 28.1 Å². The SMILES string of the molecule is CCN(CCC(=O)c1cccc(Cl)c1Cl)C1CCCC1. The second-order valence-electron chi connectivity index (χ2n) is 5.34. The Bertz CT molecular complexity index is 470. The molecule has 1 saturated carbocycles. The molecule has 0 bridgehead atoms. The second-order valence-corrected chi connectivity index (χ2v) is 6.13. The predicted octanol–water partition coefficient (Wildman–Crippen LogP) is 4.83. The van der Waals surface area contributed by atoms with Gasteiger partial charge in [-0.15, -0.1) is 0 Å². The first-order chi connectivity index (χ1) is 9.63. The van der Waals surface area contributed by atoms with Crippen molar-refractivity contribution in [2.45, 2.75) is 45.1 Å². The number of carbonyl (C=O) groups is 1. The number of carbonyl (C=O) groups excluding carboxylic acids is 1. The van der Waals surface area contributed by atoms with Gasteiger partial charge in [-0.2, -0.15) is 0 Å². The lowest BCUT2D eigenvalue weighted by molar-refractivity contribution is 0.0953. The smallest absolute Gasteiger partial charge is 0.165 e. The van der Waals surface area contributed by atoms with Crippen molar-refractivity contribution in [3.63, 3.8) is 0 Å². The molecule has 0 unspecified atom stereocenters. The van der Waals surface area contributed by atoms with Crippen molar-refractivity contribution < 1.29 is 4.79 Å². The van der Waals surface area contributed by atoms with Gasteiger partial charge in [-0.25, -0.2) is 0 Å². The highest BCUT2D eigenvalue weighted by Crippen LogP contribution is 2.27. The van der Waals surface area contributed by atoms with Gasteiger partial charge in [0.15, 0.2) is 5.78 Å². The molecule has 1 aliphatic carbocycles. The normalized spacial score (nSPS) is 16.0. The summed E-state index contributed by atoms with van der Waals surface area (Å²) in [5.74, 6) is 0.0777. The number of hydrogen-bond acceptors (Lipinski definition) is 2. The van der Waals surface area contributed by atoms with Gasteiger partial charge in [0.25, 0.3) is 0 Å². The molecule has 0 spiro atoms. The molecule has 2 rings (SSSR count). The van der Waals surface area contributed by atoms with Crippen LogP contribution >= 0.6 is 23.2 Å². The molecule has 0 N–H and O–H groups in total. The third-order valence-electron chi connectivity index (χ3n) is 4.13. The average Bonchev–Trinajstić information content (AvgIpc) is 2.96. The largest absolute Gasteiger partial charge is 0.300 e. The molecular formula is C16H21Cl2NO. The van der Waals surface area contributed by atoms with Crippen LogP contribution in [0.4, 0.5) is 0 Å². The van der Waals surface area contributed by atoms with Crippen molar-refractivity contribution >= 4 is 29.0 Å². The van der Waals surface area contributed by atoms with Crippen LogP contribution in [0.15, 0.2) is 18.2 Å². The lowest BCUT2D eigenvalue weighted by Gasteiger charge is -2.27. The molecule has 0 aromatic heterocycles. The Morgan fingerprint density at radius 3 is 2.65 bits per heavy atom. The zero-order chi connectivity index (χ0) is 14.5. The monoisotopic (exact) mass is 313 g/mol. The molecule has 1 aliphatic rings. The summed E-state index contributed by atoms with van der Waals surface area (Å²) in [6.45, 7) is 3.97. The van der Waals surface area contributed by atoms with Crippen molar-refractivity contribution in [2.24, 2.45) is 0 Å². The van der Waals surface area contributed by atoms with Crippen LogP contribution in [-0.2, 0) is 0 Å². The molecule has 0 aliphatic heterocycles. The van der Waals surface area contributed by atoms with Crippen LogP contribution in [0.1, 0.15) is 49.4 Å². The number of Topliss-reactive ketones (excluding diaryl/α,β-unsaturated/α-hetero) is 1. The Kier molecular flexibility index (Phi) is 5.88. The summed E-state index contributed by atoms with van der Waals surface area (Å²) in [6, 6.07) is 5.89. The van der Waals surface area contributed by atoms with Crippen molar-refractivity contribution in [1.82, 2.24) is 4.90 Å². The van der Waals surface area contributed by atoms with Gasteiger partial charge in [0.2, 0.25) is 0 Å². The van der Waals surface area contributed by atoms with E-state index in [1.54, 1.807) is 18.2 Å². The molecule has 20 heavy (non-hydrogen) atoms. The van der Waals surface area contributed by atoms with Crippen LogP contribution in [0.5, 0.6) is 0 Å². The van der Waals surface area contributed by atoms with E-state index >= 15 is 0 Å². The maximum atomic E-state index is 12.3. The zero-order valence-electron chi connectivity index (χ0n) is 11.9.